The third-order valence-corrected chi connectivity index (χ3v) is 7.12. The number of aromatic nitrogens is 4. The summed E-state index contributed by atoms with van der Waals surface area (Å²) in [5, 5.41) is 11.1. The van der Waals surface area contributed by atoms with Crippen LogP contribution in [-0.2, 0) is 11.3 Å². The van der Waals surface area contributed by atoms with Crippen LogP contribution < -0.4 is 10.2 Å². The number of pyridine rings is 2. The van der Waals surface area contributed by atoms with Gasteiger partial charge in [0.05, 0.1) is 36.3 Å². The zero-order chi connectivity index (χ0) is 25.0. The maximum absolute atomic E-state index is 13.2. The Balaban J connectivity index is 1.21. The molecular formula is C28H31N7O2. The molecule has 0 spiro atoms. The summed E-state index contributed by atoms with van der Waals surface area (Å²) in [4.78, 5) is 26.9. The Labute approximate surface area is 215 Å². The SMILES string of the molecule is O=C(Nc1ccnc(CN2CCCCC2)c1)c1n[nH]c2ccc(-c3cncc(N4CCOCC4)c3)cc12. The normalized spacial score (nSPS) is 16.7. The first-order valence-electron chi connectivity index (χ1n) is 13.0. The smallest absolute Gasteiger partial charge is 0.276 e. The van der Waals surface area contributed by atoms with Crippen molar-refractivity contribution in [3.8, 4) is 11.1 Å². The van der Waals surface area contributed by atoms with Crippen LogP contribution in [-0.4, -0.2) is 70.4 Å². The number of nitrogens with zero attached hydrogens (tertiary/aromatic N) is 5. The van der Waals surface area contributed by atoms with E-state index in [-0.39, 0.29) is 5.91 Å². The van der Waals surface area contributed by atoms with Gasteiger partial charge in [0.1, 0.15) is 0 Å². The Kier molecular flexibility index (Phi) is 6.79. The topological polar surface area (TPSA) is 99.3 Å². The van der Waals surface area contributed by atoms with E-state index in [0.29, 0.717) is 5.69 Å². The number of carbonyl (C=O) groups excluding carboxylic acids is 1. The van der Waals surface area contributed by atoms with Crippen molar-refractivity contribution < 1.29 is 9.53 Å². The first-order valence-corrected chi connectivity index (χ1v) is 13.0. The summed E-state index contributed by atoms with van der Waals surface area (Å²) in [6, 6.07) is 11.9. The second-order valence-electron chi connectivity index (χ2n) is 9.69. The predicted octanol–water partition coefficient (Wildman–Crippen LogP) is 4.09. The van der Waals surface area contributed by atoms with Crippen LogP contribution in [0.1, 0.15) is 35.4 Å². The molecule has 2 aliphatic heterocycles. The summed E-state index contributed by atoms with van der Waals surface area (Å²) < 4.78 is 5.48. The second kappa shape index (κ2) is 10.7. The second-order valence-corrected chi connectivity index (χ2v) is 9.69. The van der Waals surface area contributed by atoms with Gasteiger partial charge in [-0.3, -0.25) is 24.8 Å². The van der Waals surface area contributed by atoms with Gasteiger partial charge < -0.3 is 15.0 Å². The number of morpholine rings is 1. The van der Waals surface area contributed by atoms with E-state index in [9.17, 15) is 4.79 Å². The van der Waals surface area contributed by atoms with Gasteiger partial charge in [-0.25, -0.2) is 0 Å². The highest BCUT2D eigenvalue weighted by molar-refractivity contribution is 6.11. The molecule has 9 nitrogen and oxygen atoms in total. The van der Waals surface area contributed by atoms with Gasteiger partial charge in [0, 0.05) is 48.7 Å². The lowest BCUT2D eigenvalue weighted by molar-refractivity contribution is 0.102. The van der Waals surface area contributed by atoms with Crippen LogP contribution in [0.4, 0.5) is 11.4 Å². The maximum Gasteiger partial charge on any atom is 0.276 e. The van der Waals surface area contributed by atoms with Crippen molar-refractivity contribution in [2.45, 2.75) is 25.8 Å². The molecule has 0 unspecified atom stereocenters. The lowest BCUT2D eigenvalue weighted by Gasteiger charge is -2.28. The Morgan fingerprint density at radius 2 is 1.84 bits per heavy atom. The van der Waals surface area contributed by atoms with Gasteiger partial charge in [-0.15, -0.1) is 0 Å². The highest BCUT2D eigenvalue weighted by atomic mass is 16.5. The summed E-state index contributed by atoms with van der Waals surface area (Å²) in [6.45, 7) is 6.16. The molecule has 3 aromatic heterocycles. The summed E-state index contributed by atoms with van der Waals surface area (Å²) in [5.41, 5.74) is 5.91. The molecule has 9 heteroatoms. The predicted molar refractivity (Wildman–Crippen MR) is 144 cm³/mol. The number of anilines is 2. The van der Waals surface area contributed by atoms with Crippen molar-refractivity contribution >= 4 is 28.2 Å². The zero-order valence-electron chi connectivity index (χ0n) is 20.8. The number of rotatable bonds is 6. The summed E-state index contributed by atoms with van der Waals surface area (Å²) in [6.07, 6.45) is 9.26. The van der Waals surface area contributed by atoms with Crippen LogP contribution in [0.25, 0.3) is 22.0 Å². The molecule has 0 bridgehead atoms. The van der Waals surface area contributed by atoms with E-state index >= 15 is 0 Å². The Morgan fingerprint density at radius 3 is 2.70 bits per heavy atom. The summed E-state index contributed by atoms with van der Waals surface area (Å²) >= 11 is 0. The fourth-order valence-corrected chi connectivity index (χ4v) is 5.13. The fourth-order valence-electron chi connectivity index (χ4n) is 5.13. The van der Waals surface area contributed by atoms with E-state index in [1.165, 1.54) is 19.3 Å². The van der Waals surface area contributed by atoms with Crippen molar-refractivity contribution in [2.75, 3.05) is 49.6 Å². The van der Waals surface area contributed by atoms with Gasteiger partial charge in [0.25, 0.3) is 5.91 Å². The maximum atomic E-state index is 13.2. The van der Waals surface area contributed by atoms with Crippen LogP contribution in [0, 0.1) is 0 Å². The van der Waals surface area contributed by atoms with Crippen LogP contribution in [0.3, 0.4) is 0 Å². The molecule has 1 aromatic carbocycles. The first kappa shape index (κ1) is 23.6. The number of benzene rings is 1. The highest BCUT2D eigenvalue weighted by Gasteiger charge is 2.17. The first-order chi connectivity index (χ1) is 18.2. The van der Waals surface area contributed by atoms with Gasteiger partial charge in [-0.1, -0.05) is 12.5 Å². The molecule has 0 aliphatic carbocycles. The summed E-state index contributed by atoms with van der Waals surface area (Å²) in [5.74, 6) is -0.251. The third kappa shape index (κ3) is 5.33. The average molecular weight is 498 g/mol. The van der Waals surface area contributed by atoms with Crippen LogP contribution >= 0.6 is 0 Å². The number of nitrogens with one attached hydrogen (secondary N) is 2. The molecule has 2 saturated heterocycles. The van der Waals surface area contributed by atoms with Crippen molar-refractivity contribution in [3.05, 3.63) is 66.4 Å². The number of amides is 1. The minimum Gasteiger partial charge on any atom is -0.378 e. The number of piperidine rings is 1. The lowest BCUT2D eigenvalue weighted by atomic mass is 10.0. The Bertz CT molecular complexity index is 1390. The standard InChI is InChI=1S/C28H31N7O2/c36-28(31-22-6-7-30-23(16-22)19-34-8-2-1-3-9-34)27-25-15-20(4-5-26(25)32-33-27)21-14-24(18-29-17-21)35-10-12-37-13-11-35/h4-7,14-18H,1-3,8-13,19H2,(H,32,33)(H,30,31,36). The molecule has 1 amide bonds. The number of H-pyrrole nitrogens is 1. The monoisotopic (exact) mass is 497 g/mol. The molecule has 190 valence electrons. The van der Waals surface area contributed by atoms with E-state index in [2.05, 4.69) is 41.3 Å². The van der Waals surface area contributed by atoms with Crippen LogP contribution in [0.15, 0.2) is 55.0 Å². The number of hydrogen-bond donors (Lipinski definition) is 2. The third-order valence-electron chi connectivity index (χ3n) is 7.12. The molecule has 2 aliphatic rings. The van der Waals surface area contributed by atoms with Crippen molar-refractivity contribution in [1.82, 2.24) is 25.1 Å². The van der Waals surface area contributed by atoms with Gasteiger partial charge in [-0.2, -0.15) is 5.10 Å². The Hall–Kier alpha value is -3.82. The molecule has 37 heavy (non-hydrogen) atoms. The van der Waals surface area contributed by atoms with E-state index in [1.54, 1.807) is 6.20 Å². The largest absolute Gasteiger partial charge is 0.378 e. The number of aromatic amines is 1. The van der Waals surface area contributed by atoms with Crippen molar-refractivity contribution in [1.29, 1.82) is 0 Å². The van der Waals surface area contributed by atoms with E-state index in [4.69, 9.17) is 4.74 Å². The number of carbonyl (C=O) groups is 1. The number of hydrogen-bond acceptors (Lipinski definition) is 7. The van der Waals surface area contributed by atoms with Crippen LogP contribution in [0.5, 0.6) is 0 Å². The minimum atomic E-state index is -0.251. The highest BCUT2D eigenvalue weighted by Crippen LogP contribution is 2.28. The fraction of sp³-hybridized carbons (Fsp3) is 0.357. The van der Waals surface area contributed by atoms with Crippen LogP contribution in [0.2, 0.25) is 0 Å². The molecule has 6 rings (SSSR count). The Morgan fingerprint density at radius 1 is 0.973 bits per heavy atom. The molecule has 0 saturated carbocycles. The average Bonchev–Trinajstić information content (AvgIpc) is 3.38. The number of likely N-dealkylation sites (tertiary alicyclic amines) is 1. The van der Waals surface area contributed by atoms with Gasteiger partial charge in [0.2, 0.25) is 0 Å². The molecule has 4 aromatic rings. The molecule has 0 radical (unpaired) electrons. The number of ether oxygens (including phenoxy) is 1. The van der Waals surface area contributed by atoms with E-state index < -0.39 is 0 Å². The molecule has 2 N–H and O–H groups in total. The zero-order valence-corrected chi connectivity index (χ0v) is 20.8. The number of fused-ring (bicyclic) bond motifs is 1. The van der Waals surface area contributed by atoms with Crippen molar-refractivity contribution in [3.63, 3.8) is 0 Å². The quantitative estimate of drug-likeness (QED) is 0.414. The van der Waals surface area contributed by atoms with Crippen molar-refractivity contribution in [2.24, 2.45) is 0 Å². The summed E-state index contributed by atoms with van der Waals surface area (Å²) in [7, 11) is 0. The molecular weight excluding hydrogens is 466 g/mol. The van der Waals surface area contributed by atoms with E-state index in [1.807, 2.05) is 42.7 Å². The molecule has 5 heterocycles. The van der Waals surface area contributed by atoms with Gasteiger partial charge in [0.15, 0.2) is 5.69 Å². The molecule has 0 atom stereocenters. The van der Waals surface area contributed by atoms with E-state index in [0.717, 1.165) is 85.0 Å². The van der Waals surface area contributed by atoms with Gasteiger partial charge >= 0.3 is 0 Å². The molecule has 2 fully saturated rings. The lowest BCUT2D eigenvalue weighted by Crippen LogP contribution is -2.36. The minimum absolute atomic E-state index is 0.251. The van der Waals surface area contributed by atoms with Gasteiger partial charge in [-0.05, 0) is 61.8 Å².